The molecule has 0 aromatic carbocycles. The number of rotatable bonds is 4. The second kappa shape index (κ2) is 6.56. The van der Waals surface area contributed by atoms with Crippen molar-refractivity contribution in [3.63, 3.8) is 0 Å². The van der Waals surface area contributed by atoms with Crippen LogP contribution in [0.2, 0.25) is 0 Å². The molecular formula is C16H21N5O3. The van der Waals surface area contributed by atoms with Crippen LogP contribution < -0.4 is 10.2 Å². The van der Waals surface area contributed by atoms with Crippen LogP contribution in [0.4, 0.5) is 5.82 Å². The molecule has 8 nitrogen and oxygen atoms in total. The summed E-state index contributed by atoms with van der Waals surface area (Å²) in [5, 5.41) is 13.6. The molecule has 1 saturated heterocycles. The maximum Gasteiger partial charge on any atom is 0.289 e. The number of β-amino-alcohol motifs (C(OH)–C–C–N with tert-alkyl or cyclic N) is 1. The molecule has 2 aromatic heterocycles. The second-order valence-electron chi connectivity index (χ2n) is 6.22. The van der Waals surface area contributed by atoms with Gasteiger partial charge in [0.25, 0.3) is 5.91 Å². The van der Waals surface area contributed by atoms with Gasteiger partial charge in [0.05, 0.1) is 11.3 Å². The van der Waals surface area contributed by atoms with Gasteiger partial charge >= 0.3 is 0 Å². The molecule has 2 aromatic rings. The third-order valence-corrected chi connectivity index (χ3v) is 4.20. The Morgan fingerprint density at radius 3 is 2.96 bits per heavy atom. The van der Waals surface area contributed by atoms with Crippen LogP contribution >= 0.6 is 0 Å². The Bertz CT molecular complexity index is 732. The number of hydrogen-bond donors (Lipinski definition) is 2. The Morgan fingerprint density at radius 2 is 2.25 bits per heavy atom. The van der Waals surface area contributed by atoms with E-state index in [4.69, 9.17) is 4.42 Å². The standard InChI is InChI=1S/C16H21N5O3/c1-11-6-13(19-9-18-11)21-5-3-4-16(23,8-21)7-17-15(22)14-12(2)20-10-24-14/h6,9-10,23H,3-5,7-8H2,1-2H3,(H,17,22). The van der Waals surface area contributed by atoms with Gasteiger partial charge in [-0.3, -0.25) is 4.79 Å². The number of aliphatic hydroxyl groups is 1. The molecular weight excluding hydrogens is 310 g/mol. The zero-order chi connectivity index (χ0) is 17.2. The molecule has 8 heteroatoms. The minimum absolute atomic E-state index is 0.145. The van der Waals surface area contributed by atoms with Gasteiger partial charge in [0.2, 0.25) is 5.76 Å². The summed E-state index contributed by atoms with van der Waals surface area (Å²) in [5.74, 6) is 0.601. The largest absolute Gasteiger partial charge is 0.438 e. The lowest BCUT2D eigenvalue weighted by Gasteiger charge is -2.39. The molecule has 1 unspecified atom stereocenters. The molecule has 128 valence electrons. The predicted molar refractivity (Wildman–Crippen MR) is 86.7 cm³/mol. The van der Waals surface area contributed by atoms with Crippen LogP contribution in [0.25, 0.3) is 0 Å². The number of aromatic nitrogens is 3. The number of carbonyl (C=O) groups excluding carboxylic acids is 1. The minimum Gasteiger partial charge on any atom is -0.438 e. The van der Waals surface area contributed by atoms with Crippen LogP contribution in [0.3, 0.4) is 0 Å². The molecule has 0 aliphatic carbocycles. The fourth-order valence-electron chi connectivity index (χ4n) is 2.91. The molecule has 0 saturated carbocycles. The van der Waals surface area contributed by atoms with E-state index in [-0.39, 0.29) is 18.2 Å². The van der Waals surface area contributed by atoms with Gasteiger partial charge in [0.1, 0.15) is 12.1 Å². The maximum atomic E-state index is 12.1. The zero-order valence-electron chi connectivity index (χ0n) is 13.8. The molecule has 1 aliphatic rings. The quantitative estimate of drug-likeness (QED) is 0.855. The molecule has 1 aliphatic heterocycles. The second-order valence-corrected chi connectivity index (χ2v) is 6.22. The van der Waals surface area contributed by atoms with E-state index in [1.54, 1.807) is 6.92 Å². The van der Waals surface area contributed by atoms with Crippen LogP contribution in [-0.4, -0.2) is 51.2 Å². The van der Waals surface area contributed by atoms with E-state index in [0.29, 0.717) is 18.7 Å². The van der Waals surface area contributed by atoms with Gasteiger partial charge in [-0.1, -0.05) is 0 Å². The van der Waals surface area contributed by atoms with Crippen LogP contribution in [0.15, 0.2) is 23.2 Å². The van der Waals surface area contributed by atoms with Crippen LogP contribution in [0, 0.1) is 13.8 Å². The van der Waals surface area contributed by atoms with E-state index in [0.717, 1.165) is 24.5 Å². The van der Waals surface area contributed by atoms with Crippen molar-refractivity contribution < 1.29 is 14.3 Å². The number of oxazole rings is 1. The number of nitrogens with zero attached hydrogens (tertiary/aromatic N) is 4. The minimum atomic E-state index is -1.01. The molecule has 1 fully saturated rings. The zero-order valence-corrected chi connectivity index (χ0v) is 13.8. The lowest BCUT2D eigenvalue weighted by Crippen LogP contribution is -2.54. The molecule has 1 atom stereocenters. The summed E-state index contributed by atoms with van der Waals surface area (Å²) in [6.45, 7) is 4.97. The van der Waals surface area contributed by atoms with Gasteiger partial charge in [-0.05, 0) is 26.7 Å². The Hall–Kier alpha value is -2.48. The summed E-state index contributed by atoms with van der Waals surface area (Å²) in [4.78, 5) is 26.4. The third kappa shape index (κ3) is 3.53. The fraction of sp³-hybridized carbons (Fsp3) is 0.500. The van der Waals surface area contributed by atoms with Crippen molar-refractivity contribution >= 4 is 11.7 Å². The number of anilines is 1. The lowest BCUT2D eigenvalue weighted by molar-refractivity contribution is 0.0250. The van der Waals surface area contributed by atoms with Gasteiger partial charge in [0.15, 0.2) is 6.39 Å². The highest BCUT2D eigenvalue weighted by Crippen LogP contribution is 2.24. The maximum absolute atomic E-state index is 12.1. The number of hydrogen-bond acceptors (Lipinski definition) is 7. The smallest absolute Gasteiger partial charge is 0.289 e. The summed E-state index contributed by atoms with van der Waals surface area (Å²) in [6.07, 6.45) is 4.19. The van der Waals surface area contributed by atoms with Crippen LogP contribution in [0.5, 0.6) is 0 Å². The molecule has 0 spiro atoms. The molecule has 0 bridgehead atoms. The van der Waals surface area contributed by atoms with E-state index in [1.807, 2.05) is 17.9 Å². The van der Waals surface area contributed by atoms with Crippen LogP contribution in [0.1, 0.15) is 34.8 Å². The van der Waals surface area contributed by atoms with Gasteiger partial charge in [0, 0.05) is 31.4 Å². The average Bonchev–Trinajstić information content (AvgIpc) is 2.99. The summed E-state index contributed by atoms with van der Waals surface area (Å²) in [7, 11) is 0. The Morgan fingerprint density at radius 1 is 1.42 bits per heavy atom. The van der Waals surface area contributed by atoms with Crippen molar-refractivity contribution in [1.82, 2.24) is 20.3 Å². The summed E-state index contributed by atoms with van der Waals surface area (Å²) < 4.78 is 5.07. The van der Waals surface area contributed by atoms with E-state index in [1.165, 1.54) is 12.7 Å². The van der Waals surface area contributed by atoms with Gasteiger partial charge in [-0.25, -0.2) is 15.0 Å². The van der Waals surface area contributed by atoms with Crippen molar-refractivity contribution in [2.45, 2.75) is 32.3 Å². The van der Waals surface area contributed by atoms with Gasteiger partial charge < -0.3 is 19.7 Å². The normalized spacial score (nSPS) is 20.9. The number of carbonyl (C=O) groups is 1. The van der Waals surface area contributed by atoms with E-state index < -0.39 is 5.60 Å². The van der Waals surface area contributed by atoms with E-state index in [9.17, 15) is 9.90 Å². The first-order valence-corrected chi connectivity index (χ1v) is 7.91. The van der Waals surface area contributed by atoms with Gasteiger partial charge in [-0.15, -0.1) is 0 Å². The van der Waals surface area contributed by atoms with Crippen molar-refractivity contribution in [3.8, 4) is 0 Å². The molecule has 2 N–H and O–H groups in total. The molecule has 3 rings (SSSR count). The highest BCUT2D eigenvalue weighted by atomic mass is 16.3. The Labute approximate surface area is 139 Å². The number of piperidine rings is 1. The fourth-order valence-corrected chi connectivity index (χ4v) is 2.91. The first-order chi connectivity index (χ1) is 11.5. The molecule has 0 radical (unpaired) electrons. The van der Waals surface area contributed by atoms with Crippen LogP contribution in [-0.2, 0) is 0 Å². The average molecular weight is 331 g/mol. The lowest BCUT2D eigenvalue weighted by atomic mass is 9.92. The van der Waals surface area contributed by atoms with Crippen molar-refractivity contribution in [1.29, 1.82) is 0 Å². The van der Waals surface area contributed by atoms with Crippen molar-refractivity contribution in [3.05, 3.63) is 35.9 Å². The predicted octanol–water partition coefficient (Wildman–Crippen LogP) is 0.843. The molecule has 24 heavy (non-hydrogen) atoms. The molecule has 3 heterocycles. The van der Waals surface area contributed by atoms with E-state index in [2.05, 4.69) is 20.3 Å². The van der Waals surface area contributed by atoms with Crippen molar-refractivity contribution in [2.75, 3.05) is 24.5 Å². The third-order valence-electron chi connectivity index (χ3n) is 4.20. The summed E-state index contributed by atoms with van der Waals surface area (Å²) in [6, 6.07) is 1.89. The van der Waals surface area contributed by atoms with Crippen molar-refractivity contribution in [2.24, 2.45) is 0 Å². The topological polar surface area (TPSA) is 104 Å². The van der Waals surface area contributed by atoms with E-state index >= 15 is 0 Å². The highest BCUT2D eigenvalue weighted by molar-refractivity contribution is 5.92. The van der Waals surface area contributed by atoms with Gasteiger partial charge in [-0.2, -0.15) is 0 Å². The number of aryl methyl sites for hydroxylation is 2. The first kappa shape index (κ1) is 16.4. The molecule has 1 amide bonds. The summed E-state index contributed by atoms with van der Waals surface area (Å²) in [5.41, 5.74) is 0.394. The number of amides is 1. The Balaban J connectivity index is 1.64. The highest BCUT2D eigenvalue weighted by Gasteiger charge is 2.34. The number of nitrogens with one attached hydrogen (secondary N) is 1. The monoisotopic (exact) mass is 331 g/mol. The summed E-state index contributed by atoms with van der Waals surface area (Å²) >= 11 is 0. The SMILES string of the molecule is Cc1cc(N2CCCC(O)(CNC(=O)c3ocnc3C)C2)ncn1. The Kier molecular flexibility index (Phi) is 4.48. The first-order valence-electron chi connectivity index (χ1n) is 7.91.